The molecule has 0 aliphatic rings. The lowest BCUT2D eigenvalue weighted by molar-refractivity contribution is -0.121. The van der Waals surface area contributed by atoms with Gasteiger partial charge in [0.05, 0.1) is 6.33 Å². The van der Waals surface area contributed by atoms with Crippen LogP contribution < -0.4 is 10.9 Å². The molecule has 82 valence electrons. The van der Waals surface area contributed by atoms with Crippen LogP contribution >= 0.6 is 0 Å². The van der Waals surface area contributed by atoms with Crippen molar-refractivity contribution in [2.24, 2.45) is 5.92 Å². The maximum atomic E-state index is 11.4. The molecule has 1 aromatic rings. The lowest BCUT2D eigenvalue weighted by Crippen LogP contribution is -2.33. The Balaban J connectivity index is 2.52. The quantitative estimate of drug-likeness (QED) is 0.760. The zero-order valence-electron chi connectivity index (χ0n) is 8.93. The fourth-order valence-corrected chi connectivity index (χ4v) is 1.03. The molecule has 0 bridgehead atoms. The summed E-state index contributed by atoms with van der Waals surface area (Å²) in [6.07, 6.45) is 2.77. The molecule has 0 unspecified atom stereocenters. The molecule has 1 rings (SSSR count). The SMILES string of the molecule is CC(C)CNC(=O)Cn1cnccc1=O. The summed E-state index contributed by atoms with van der Waals surface area (Å²) < 4.78 is 1.27. The van der Waals surface area contributed by atoms with Crippen molar-refractivity contribution < 1.29 is 4.79 Å². The largest absolute Gasteiger partial charge is 0.354 e. The van der Waals surface area contributed by atoms with Gasteiger partial charge in [0.1, 0.15) is 6.54 Å². The summed E-state index contributed by atoms with van der Waals surface area (Å²) in [5.74, 6) is 0.235. The second kappa shape index (κ2) is 5.29. The lowest BCUT2D eigenvalue weighted by atomic mass is 10.2. The third-order valence-electron chi connectivity index (χ3n) is 1.81. The summed E-state index contributed by atoms with van der Waals surface area (Å²) >= 11 is 0. The molecule has 1 amide bonds. The highest BCUT2D eigenvalue weighted by atomic mass is 16.2. The zero-order chi connectivity index (χ0) is 11.3. The van der Waals surface area contributed by atoms with Crippen molar-refractivity contribution in [1.82, 2.24) is 14.9 Å². The Morgan fingerprint density at radius 3 is 2.93 bits per heavy atom. The van der Waals surface area contributed by atoms with Crippen LogP contribution in [0.4, 0.5) is 0 Å². The van der Waals surface area contributed by atoms with Crippen LogP contribution in [0.5, 0.6) is 0 Å². The van der Waals surface area contributed by atoms with Gasteiger partial charge in [0.2, 0.25) is 5.91 Å². The van der Waals surface area contributed by atoms with Crippen molar-refractivity contribution in [3.63, 3.8) is 0 Å². The second-order valence-corrected chi connectivity index (χ2v) is 3.74. The normalized spacial score (nSPS) is 10.3. The Hall–Kier alpha value is -1.65. The van der Waals surface area contributed by atoms with E-state index in [2.05, 4.69) is 10.3 Å². The first-order valence-electron chi connectivity index (χ1n) is 4.86. The molecule has 0 aliphatic heterocycles. The molecule has 0 aliphatic carbocycles. The Morgan fingerprint density at radius 1 is 1.60 bits per heavy atom. The van der Waals surface area contributed by atoms with Crippen LogP contribution in [0, 0.1) is 5.92 Å². The number of hydrogen-bond acceptors (Lipinski definition) is 3. The van der Waals surface area contributed by atoms with E-state index in [0.29, 0.717) is 12.5 Å². The van der Waals surface area contributed by atoms with Crippen molar-refractivity contribution in [3.8, 4) is 0 Å². The van der Waals surface area contributed by atoms with E-state index in [-0.39, 0.29) is 18.0 Å². The highest BCUT2D eigenvalue weighted by molar-refractivity contribution is 5.75. The standard InChI is InChI=1S/C10H15N3O2/c1-8(2)5-12-9(14)6-13-7-11-4-3-10(13)15/h3-4,7-8H,5-6H2,1-2H3,(H,12,14). The number of carbonyl (C=O) groups excluding carboxylic acids is 1. The van der Waals surface area contributed by atoms with Gasteiger partial charge in [0.15, 0.2) is 0 Å². The van der Waals surface area contributed by atoms with Gasteiger partial charge in [0, 0.05) is 18.8 Å². The van der Waals surface area contributed by atoms with Crippen LogP contribution in [-0.2, 0) is 11.3 Å². The minimum absolute atomic E-state index is 0.0272. The molecule has 1 N–H and O–H groups in total. The van der Waals surface area contributed by atoms with Crippen molar-refractivity contribution in [2.75, 3.05) is 6.54 Å². The van der Waals surface area contributed by atoms with Crippen LogP contribution in [-0.4, -0.2) is 22.0 Å². The smallest absolute Gasteiger partial charge is 0.253 e. The highest BCUT2D eigenvalue weighted by Gasteiger charge is 2.04. The van der Waals surface area contributed by atoms with Gasteiger partial charge in [-0.05, 0) is 5.92 Å². The first-order valence-corrected chi connectivity index (χ1v) is 4.86. The van der Waals surface area contributed by atoms with Crippen LogP contribution in [0.2, 0.25) is 0 Å². The zero-order valence-corrected chi connectivity index (χ0v) is 8.93. The van der Waals surface area contributed by atoms with E-state index in [1.54, 1.807) is 0 Å². The summed E-state index contributed by atoms with van der Waals surface area (Å²) in [5, 5.41) is 2.73. The van der Waals surface area contributed by atoms with Gasteiger partial charge in [-0.2, -0.15) is 0 Å². The van der Waals surface area contributed by atoms with E-state index in [4.69, 9.17) is 0 Å². The summed E-state index contributed by atoms with van der Waals surface area (Å²) in [7, 11) is 0. The summed E-state index contributed by atoms with van der Waals surface area (Å²) in [5.41, 5.74) is -0.218. The first kappa shape index (κ1) is 11.4. The Bertz CT molecular complexity index is 384. The molecule has 0 radical (unpaired) electrons. The molecule has 0 saturated heterocycles. The van der Waals surface area contributed by atoms with Crippen molar-refractivity contribution in [1.29, 1.82) is 0 Å². The molecule has 0 spiro atoms. The molecule has 5 nitrogen and oxygen atoms in total. The third-order valence-corrected chi connectivity index (χ3v) is 1.81. The van der Waals surface area contributed by atoms with E-state index in [1.165, 1.54) is 23.2 Å². The molecule has 0 fully saturated rings. The first-order chi connectivity index (χ1) is 7.09. The van der Waals surface area contributed by atoms with Crippen LogP contribution in [0.25, 0.3) is 0 Å². The fraction of sp³-hybridized carbons (Fsp3) is 0.500. The van der Waals surface area contributed by atoms with Crippen LogP contribution in [0.3, 0.4) is 0 Å². The summed E-state index contributed by atoms with van der Waals surface area (Å²) in [6, 6.07) is 1.33. The van der Waals surface area contributed by atoms with Gasteiger partial charge in [-0.25, -0.2) is 4.98 Å². The predicted octanol–water partition coefficient (Wildman–Crippen LogP) is 0.0155. The van der Waals surface area contributed by atoms with Gasteiger partial charge >= 0.3 is 0 Å². The average Bonchev–Trinajstić information content (AvgIpc) is 2.18. The second-order valence-electron chi connectivity index (χ2n) is 3.74. The van der Waals surface area contributed by atoms with Crippen molar-refractivity contribution in [2.45, 2.75) is 20.4 Å². The highest BCUT2D eigenvalue weighted by Crippen LogP contribution is 1.87. The number of nitrogens with zero attached hydrogens (tertiary/aromatic N) is 2. The van der Waals surface area contributed by atoms with Gasteiger partial charge < -0.3 is 5.32 Å². The molecular weight excluding hydrogens is 194 g/mol. The third kappa shape index (κ3) is 3.93. The van der Waals surface area contributed by atoms with Gasteiger partial charge in [-0.3, -0.25) is 14.2 Å². The maximum Gasteiger partial charge on any atom is 0.253 e. The summed E-state index contributed by atoms with van der Waals surface area (Å²) in [6.45, 7) is 4.67. The minimum atomic E-state index is -0.218. The Morgan fingerprint density at radius 2 is 2.33 bits per heavy atom. The molecule has 5 heteroatoms. The van der Waals surface area contributed by atoms with E-state index < -0.39 is 0 Å². The van der Waals surface area contributed by atoms with E-state index >= 15 is 0 Å². The molecule has 0 saturated carbocycles. The molecule has 0 aromatic carbocycles. The van der Waals surface area contributed by atoms with Gasteiger partial charge in [-0.15, -0.1) is 0 Å². The Kier molecular flexibility index (Phi) is 4.03. The van der Waals surface area contributed by atoms with Crippen LogP contribution in [0.15, 0.2) is 23.4 Å². The Labute approximate surface area is 88.1 Å². The molecule has 0 atom stereocenters. The monoisotopic (exact) mass is 209 g/mol. The van der Waals surface area contributed by atoms with Gasteiger partial charge in [-0.1, -0.05) is 13.8 Å². The number of aromatic nitrogens is 2. The van der Waals surface area contributed by atoms with Crippen molar-refractivity contribution in [3.05, 3.63) is 28.9 Å². The number of amides is 1. The van der Waals surface area contributed by atoms with E-state index in [1.807, 2.05) is 13.8 Å². The lowest BCUT2D eigenvalue weighted by Gasteiger charge is -2.08. The summed E-state index contributed by atoms with van der Waals surface area (Å²) in [4.78, 5) is 26.4. The fourth-order valence-electron chi connectivity index (χ4n) is 1.03. The number of carbonyl (C=O) groups is 1. The van der Waals surface area contributed by atoms with E-state index in [9.17, 15) is 9.59 Å². The predicted molar refractivity (Wildman–Crippen MR) is 56.3 cm³/mol. The van der Waals surface area contributed by atoms with E-state index in [0.717, 1.165) is 0 Å². The molecule has 15 heavy (non-hydrogen) atoms. The van der Waals surface area contributed by atoms with Gasteiger partial charge in [0.25, 0.3) is 5.56 Å². The molecule has 1 aromatic heterocycles. The number of hydrogen-bond donors (Lipinski definition) is 1. The average molecular weight is 209 g/mol. The minimum Gasteiger partial charge on any atom is -0.354 e. The van der Waals surface area contributed by atoms with Crippen LogP contribution in [0.1, 0.15) is 13.8 Å². The maximum absolute atomic E-state index is 11.4. The molecular formula is C10H15N3O2. The topological polar surface area (TPSA) is 64.0 Å². The molecule has 1 heterocycles. The number of rotatable bonds is 4. The van der Waals surface area contributed by atoms with Crippen molar-refractivity contribution >= 4 is 5.91 Å². The number of nitrogens with one attached hydrogen (secondary N) is 1.